The SMILES string of the molecule is O=C(/C=C/c1ccc2c(c1)CCO2)c1ccccc1O. The number of phenols is 1. The van der Waals surface area contributed by atoms with Gasteiger partial charge in [0.15, 0.2) is 5.78 Å². The summed E-state index contributed by atoms with van der Waals surface area (Å²) < 4.78 is 5.44. The first-order valence-corrected chi connectivity index (χ1v) is 6.50. The highest BCUT2D eigenvalue weighted by Crippen LogP contribution is 2.26. The molecule has 3 rings (SSSR count). The molecule has 0 saturated carbocycles. The number of phenolic OH excluding ortho intramolecular Hbond substituents is 1. The average Bonchev–Trinajstić information content (AvgIpc) is 2.92. The maximum atomic E-state index is 12.0. The molecule has 1 aliphatic heterocycles. The normalized spacial score (nSPS) is 13.2. The van der Waals surface area contributed by atoms with Crippen molar-refractivity contribution in [3.05, 3.63) is 65.2 Å². The van der Waals surface area contributed by atoms with Gasteiger partial charge in [-0.3, -0.25) is 4.79 Å². The molecule has 0 unspecified atom stereocenters. The largest absolute Gasteiger partial charge is 0.507 e. The molecular weight excluding hydrogens is 252 g/mol. The first kappa shape index (κ1) is 12.5. The number of benzene rings is 2. The van der Waals surface area contributed by atoms with Crippen LogP contribution in [-0.2, 0) is 6.42 Å². The molecule has 0 fully saturated rings. The summed E-state index contributed by atoms with van der Waals surface area (Å²) in [5, 5.41) is 9.63. The molecule has 2 aromatic carbocycles. The summed E-state index contributed by atoms with van der Waals surface area (Å²) in [6, 6.07) is 12.4. The van der Waals surface area contributed by atoms with Crippen molar-refractivity contribution in [3.8, 4) is 11.5 Å². The fourth-order valence-electron chi connectivity index (χ4n) is 2.25. The zero-order chi connectivity index (χ0) is 13.9. The highest BCUT2D eigenvalue weighted by atomic mass is 16.5. The first-order valence-electron chi connectivity index (χ1n) is 6.50. The molecule has 0 radical (unpaired) electrons. The summed E-state index contributed by atoms with van der Waals surface area (Å²) in [6.45, 7) is 0.722. The molecule has 0 aromatic heterocycles. The Kier molecular flexibility index (Phi) is 3.25. The third-order valence-corrected chi connectivity index (χ3v) is 3.31. The van der Waals surface area contributed by atoms with E-state index < -0.39 is 0 Å². The van der Waals surface area contributed by atoms with Crippen molar-refractivity contribution >= 4 is 11.9 Å². The van der Waals surface area contributed by atoms with E-state index in [9.17, 15) is 9.90 Å². The minimum Gasteiger partial charge on any atom is -0.507 e. The van der Waals surface area contributed by atoms with Crippen LogP contribution in [0.25, 0.3) is 6.08 Å². The van der Waals surface area contributed by atoms with E-state index in [1.165, 1.54) is 17.7 Å². The maximum Gasteiger partial charge on any atom is 0.189 e. The lowest BCUT2D eigenvalue weighted by atomic mass is 10.1. The Morgan fingerprint density at radius 2 is 2.05 bits per heavy atom. The number of allylic oxidation sites excluding steroid dienone is 1. The minimum atomic E-state index is -0.208. The van der Waals surface area contributed by atoms with Crippen molar-refractivity contribution in [1.82, 2.24) is 0 Å². The van der Waals surface area contributed by atoms with Crippen LogP contribution in [0.5, 0.6) is 11.5 Å². The van der Waals surface area contributed by atoms with Crippen molar-refractivity contribution in [3.63, 3.8) is 0 Å². The number of carbonyl (C=O) groups is 1. The summed E-state index contributed by atoms with van der Waals surface area (Å²) in [5.74, 6) is 0.721. The van der Waals surface area contributed by atoms with E-state index in [1.54, 1.807) is 24.3 Å². The van der Waals surface area contributed by atoms with E-state index >= 15 is 0 Å². The monoisotopic (exact) mass is 266 g/mol. The molecule has 0 bridgehead atoms. The van der Waals surface area contributed by atoms with E-state index in [1.807, 2.05) is 18.2 Å². The lowest BCUT2D eigenvalue weighted by Gasteiger charge is -2.01. The molecule has 3 heteroatoms. The molecule has 100 valence electrons. The molecular formula is C17H14O3. The van der Waals surface area contributed by atoms with Crippen LogP contribution in [-0.4, -0.2) is 17.5 Å². The van der Waals surface area contributed by atoms with E-state index in [-0.39, 0.29) is 11.5 Å². The van der Waals surface area contributed by atoms with Gasteiger partial charge >= 0.3 is 0 Å². The lowest BCUT2D eigenvalue weighted by Crippen LogP contribution is -1.94. The summed E-state index contributed by atoms with van der Waals surface area (Å²) in [7, 11) is 0. The molecule has 0 saturated heterocycles. The molecule has 0 amide bonds. The van der Waals surface area contributed by atoms with Gasteiger partial charge in [-0.15, -0.1) is 0 Å². The van der Waals surface area contributed by atoms with Gasteiger partial charge in [0.25, 0.3) is 0 Å². The molecule has 1 heterocycles. The molecule has 2 aromatic rings. The summed E-state index contributed by atoms with van der Waals surface area (Å²) in [5.41, 5.74) is 2.44. The Morgan fingerprint density at radius 3 is 2.90 bits per heavy atom. The Hall–Kier alpha value is -2.55. The van der Waals surface area contributed by atoms with Gasteiger partial charge in [0.2, 0.25) is 0 Å². The van der Waals surface area contributed by atoms with Gasteiger partial charge in [-0.1, -0.05) is 24.3 Å². The number of fused-ring (bicyclic) bond motifs is 1. The third-order valence-electron chi connectivity index (χ3n) is 3.31. The molecule has 1 aliphatic rings. The standard InChI is InChI=1S/C17H14O3/c18-15-4-2-1-3-14(15)16(19)7-5-12-6-8-17-13(11-12)9-10-20-17/h1-8,11,18H,9-10H2/b7-5+. The van der Waals surface area contributed by atoms with E-state index in [2.05, 4.69) is 0 Å². The van der Waals surface area contributed by atoms with Gasteiger partial charge < -0.3 is 9.84 Å². The number of hydrogen-bond acceptors (Lipinski definition) is 3. The molecule has 3 nitrogen and oxygen atoms in total. The van der Waals surface area contributed by atoms with Crippen LogP contribution in [0.3, 0.4) is 0 Å². The maximum absolute atomic E-state index is 12.0. The number of hydrogen-bond donors (Lipinski definition) is 1. The summed E-state index contributed by atoms with van der Waals surface area (Å²) in [6.07, 6.45) is 4.14. The van der Waals surface area contributed by atoms with Crippen LogP contribution in [0.4, 0.5) is 0 Å². The van der Waals surface area contributed by atoms with Crippen molar-refractivity contribution in [2.24, 2.45) is 0 Å². The fourth-order valence-corrected chi connectivity index (χ4v) is 2.25. The van der Waals surface area contributed by atoms with Gasteiger partial charge in [-0.05, 0) is 41.5 Å². The van der Waals surface area contributed by atoms with Crippen molar-refractivity contribution in [1.29, 1.82) is 0 Å². The first-order chi connectivity index (χ1) is 9.74. The van der Waals surface area contributed by atoms with E-state index in [0.29, 0.717) is 5.56 Å². The number of rotatable bonds is 3. The molecule has 1 N–H and O–H groups in total. The molecule has 0 aliphatic carbocycles. The Morgan fingerprint density at radius 1 is 1.20 bits per heavy atom. The number of aromatic hydroxyl groups is 1. The third kappa shape index (κ3) is 2.43. The summed E-state index contributed by atoms with van der Waals surface area (Å²) in [4.78, 5) is 12.0. The molecule has 20 heavy (non-hydrogen) atoms. The van der Waals surface area contributed by atoms with Crippen molar-refractivity contribution < 1.29 is 14.6 Å². The van der Waals surface area contributed by atoms with Gasteiger partial charge in [0.1, 0.15) is 11.5 Å². The van der Waals surface area contributed by atoms with Gasteiger partial charge in [0, 0.05) is 6.42 Å². The van der Waals surface area contributed by atoms with E-state index in [4.69, 9.17) is 4.74 Å². The van der Waals surface area contributed by atoms with Gasteiger partial charge in [-0.2, -0.15) is 0 Å². The Labute approximate surface area is 117 Å². The molecule has 0 atom stereocenters. The topological polar surface area (TPSA) is 46.5 Å². The molecule has 0 spiro atoms. The van der Waals surface area contributed by atoms with Crippen LogP contribution < -0.4 is 4.74 Å². The summed E-state index contributed by atoms with van der Waals surface area (Å²) >= 11 is 0. The van der Waals surface area contributed by atoms with Crippen molar-refractivity contribution in [2.75, 3.05) is 6.61 Å². The second-order valence-corrected chi connectivity index (χ2v) is 4.68. The minimum absolute atomic E-state index is 0.00417. The van der Waals surface area contributed by atoms with Crippen LogP contribution in [0.1, 0.15) is 21.5 Å². The lowest BCUT2D eigenvalue weighted by molar-refractivity contribution is 0.104. The van der Waals surface area contributed by atoms with Crippen LogP contribution in [0.15, 0.2) is 48.5 Å². The van der Waals surface area contributed by atoms with Crippen LogP contribution in [0.2, 0.25) is 0 Å². The van der Waals surface area contributed by atoms with Gasteiger partial charge in [-0.25, -0.2) is 0 Å². The zero-order valence-electron chi connectivity index (χ0n) is 10.9. The second kappa shape index (κ2) is 5.21. The van der Waals surface area contributed by atoms with Crippen LogP contribution >= 0.6 is 0 Å². The number of ketones is 1. The average molecular weight is 266 g/mol. The highest BCUT2D eigenvalue weighted by Gasteiger charge is 2.11. The fraction of sp³-hybridized carbons (Fsp3) is 0.118. The Bertz CT molecular complexity index is 686. The predicted octanol–water partition coefficient (Wildman–Crippen LogP) is 3.22. The zero-order valence-corrected chi connectivity index (χ0v) is 10.9. The van der Waals surface area contributed by atoms with Crippen molar-refractivity contribution in [2.45, 2.75) is 6.42 Å². The predicted molar refractivity (Wildman–Crippen MR) is 77.1 cm³/mol. The van der Waals surface area contributed by atoms with Gasteiger partial charge in [0.05, 0.1) is 12.2 Å². The number of carbonyl (C=O) groups excluding carboxylic acids is 1. The van der Waals surface area contributed by atoms with E-state index in [0.717, 1.165) is 24.3 Å². The van der Waals surface area contributed by atoms with Crippen LogP contribution in [0, 0.1) is 0 Å². The number of ether oxygens (including phenoxy) is 1. The second-order valence-electron chi connectivity index (χ2n) is 4.68. The highest BCUT2D eigenvalue weighted by molar-refractivity contribution is 6.08. The Balaban J connectivity index is 1.81. The number of para-hydroxylation sites is 1. The quantitative estimate of drug-likeness (QED) is 0.685. The smallest absolute Gasteiger partial charge is 0.189 e.